The fourth-order valence-electron chi connectivity index (χ4n) is 3.07. The van der Waals surface area contributed by atoms with Crippen molar-refractivity contribution >= 4 is 33.0 Å². The lowest BCUT2D eigenvalue weighted by atomic mass is 9.99. The van der Waals surface area contributed by atoms with Gasteiger partial charge >= 0.3 is 0 Å². The lowest BCUT2D eigenvalue weighted by molar-refractivity contribution is 0.494. The minimum Gasteiger partial charge on any atom is -0.308 e. The van der Waals surface area contributed by atoms with Crippen molar-refractivity contribution in [3.63, 3.8) is 0 Å². The van der Waals surface area contributed by atoms with Crippen molar-refractivity contribution in [3.05, 3.63) is 50.4 Å². The molecule has 1 aromatic carbocycles. The van der Waals surface area contributed by atoms with Gasteiger partial charge in [0.05, 0.1) is 22.0 Å². The summed E-state index contributed by atoms with van der Waals surface area (Å²) in [6.07, 6.45) is 3.45. The molecule has 148 valence electrons. The van der Waals surface area contributed by atoms with Crippen molar-refractivity contribution in [2.24, 2.45) is 0 Å². The largest absolute Gasteiger partial charge is 0.308 e. The van der Waals surface area contributed by atoms with Crippen LogP contribution in [0.1, 0.15) is 47.5 Å². The molecule has 0 fully saturated rings. The standard InChI is InChI=1S/C19H26ClN3O2S2/c1-13(2)27(24,25)22-10-3-4-18-23-19-16(21-11-9-17(19)26-18)12-14-5-7-15(20)8-6-14/h5-8,13,16,21-22H,3-4,9-12H2,1-2H3. The highest BCUT2D eigenvalue weighted by Gasteiger charge is 2.24. The second kappa shape index (κ2) is 9.01. The van der Waals surface area contributed by atoms with Gasteiger partial charge in [0.15, 0.2) is 0 Å². The maximum absolute atomic E-state index is 11.8. The SMILES string of the molecule is CC(C)S(=O)(=O)NCCCc1nc2c(s1)CCNC2Cc1ccc(Cl)cc1. The van der Waals surface area contributed by atoms with Crippen LogP contribution in [-0.4, -0.2) is 31.7 Å². The number of aromatic nitrogens is 1. The van der Waals surface area contributed by atoms with Crippen LogP contribution in [0.15, 0.2) is 24.3 Å². The number of nitrogens with zero attached hydrogens (tertiary/aromatic N) is 1. The zero-order valence-corrected chi connectivity index (χ0v) is 18.1. The van der Waals surface area contributed by atoms with Crippen LogP contribution in [0.3, 0.4) is 0 Å². The first-order valence-electron chi connectivity index (χ1n) is 9.30. The fraction of sp³-hybridized carbons (Fsp3) is 0.526. The van der Waals surface area contributed by atoms with Crippen molar-refractivity contribution in [2.45, 2.75) is 50.8 Å². The van der Waals surface area contributed by atoms with Gasteiger partial charge in [0.1, 0.15) is 0 Å². The molecule has 1 aliphatic rings. The van der Waals surface area contributed by atoms with Gasteiger partial charge in [0, 0.05) is 29.4 Å². The van der Waals surface area contributed by atoms with Gasteiger partial charge in [-0.05, 0) is 50.8 Å². The van der Waals surface area contributed by atoms with Crippen LogP contribution < -0.4 is 10.0 Å². The first-order chi connectivity index (χ1) is 12.8. The number of nitrogens with one attached hydrogen (secondary N) is 2. The molecule has 0 aliphatic carbocycles. The third kappa shape index (κ3) is 5.51. The molecule has 0 radical (unpaired) electrons. The number of thiazole rings is 1. The molecule has 0 amide bonds. The zero-order valence-electron chi connectivity index (χ0n) is 15.7. The van der Waals surface area contributed by atoms with Gasteiger partial charge in [0.25, 0.3) is 0 Å². The summed E-state index contributed by atoms with van der Waals surface area (Å²) >= 11 is 7.74. The van der Waals surface area contributed by atoms with Gasteiger partial charge in [-0.1, -0.05) is 23.7 Å². The Kier molecular flexibility index (Phi) is 6.92. The highest BCUT2D eigenvalue weighted by Crippen LogP contribution is 2.30. The monoisotopic (exact) mass is 427 g/mol. The summed E-state index contributed by atoms with van der Waals surface area (Å²) in [5.74, 6) is 0. The molecule has 8 heteroatoms. The number of sulfonamides is 1. The van der Waals surface area contributed by atoms with Crippen molar-refractivity contribution in [1.82, 2.24) is 15.0 Å². The molecule has 1 unspecified atom stereocenters. The van der Waals surface area contributed by atoms with Crippen LogP contribution in [0.4, 0.5) is 0 Å². The Morgan fingerprint density at radius 2 is 2.07 bits per heavy atom. The number of fused-ring (bicyclic) bond motifs is 1. The quantitative estimate of drug-likeness (QED) is 0.632. The van der Waals surface area contributed by atoms with Crippen LogP contribution in [0.25, 0.3) is 0 Å². The average molecular weight is 428 g/mol. The maximum atomic E-state index is 11.8. The van der Waals surface area contributed by atoms with Crippen LogP contribution >= 0.6 is 22.9 Å². The maximum Gasteiger partial charge on any atom is 0.213 e. The number of benzene rings is 1. The smallest absolute Gasteiger partial charge is 0.213 e. The number of halogens is 1. The van der Waals surface area contributed by atoms with E-state index in [4.69, 9.17) is 16.6 Å². The number of rotatable bonds is 8. The Balaban J connectivity index is 1.59. The Morgan fingerprint density at radius 3 is 2.78 bits per heavy atom. The van der Waals surface area contributed by atoms with Crippen LogP contribution in [-0.2, 0) is 29.3 Å². The lowest BCUT2D eigenvalue weighted by Crippen LogP contribution is -2.31. The molecule has 0 bridgehead atoms. The Morgan fingerprint density at radius 1 is 1.33 bits per heavy atom. The third-order valence-electron chi connectivity index (χ3n) is 4.69. The van der Waals surface area contributed by atoms with E-state index in [1.54, 1.807) is 25.2 Å². The first-order valence-corrected chi connectivity index (χ1v) is 12.0. The molecule has 1 aromatic heterocycles. The summed E-state index contributed by atoms with van der Waals surface area (Å²) in [6.45, 7) is 4.79. The second-order valence-electron chi connectivity index (χ2n) is 7.09. The van der Waals surface area contributed by atoms with Gasteiger partial charge in [-0.15, -0.1) is 11.3 Å². The molecule has 2 heterocycles. The second-order valence-corrected chi connectivity index (χ2v) is 11.0. The Labute approximate surface area is 170 Å². The van der Waals surface area contributed by atoms with Gasteiger partial charge in [-0.3, -0.25) is 0 Å². The van der Waals surface area contributed by atoms with Crippen LogP contribution in [0.2, 0.25) is 5.02 Å². The topological polar surface area (TPSA) is 71.1 Å². The average Bonchev–Trinajstić information content (AvgIpc) is 3.04. The molecule has 2 N–H and O–H groups in total. The molecule has 3 rings (SSSR count). The molecule has 2 aromatic rings. The Bertz CT molecular complexity index is 864. The van der Waals surface area contributed by atoms with E-state index in [-0.39, 0.29) is 6.04 Å². The van der Waals surface area contributed by atoms with Crippen molar-refractivity contribution in [2.75, 3.05) is 13.1 Å². The van der Waals surface area contributed by atoms with Gasteiger partial charge in [0.2, 0.25) is 10.0 Å². The first kappa shape index (κ1) is 20.7. The van der Waals surface area contributed by atoms with Gasteiger partial charge in [-0.25, -0.2) is 18.1 Å². The summed E-state index contributed by atoms with van der Waals surface area (Å²) in [6, 6.07) is 8.19. The highest BCUT2D eigenvalue weighted by molar-refractivity contribution is 7.90. The third-order valence-corrected chi connectivity index (χ3v) is 7.98. The van der Waals surface area contributed by atoms with E-state index in [0.29, 0.717) is 6.54 Å². The Hall–Kier alpha value is -0.990. The van der Waals surface area contributed by atoms with Crippen molar-refractivity contribution < 1.29 is 8.42 Å². The molecular formula is C19H26ClN3O2S2. The van der Waals surface area contributed by atoms with Crippen molar-refractivity contribution in [1.29, 1.82) is 0 Å². The summed E-state index contributed by atoms with van der Waals surface area (Å²) in [5.41, 5.74) is 2.39. The summed E-state index contributed by atoms with van der Waals surface area (Å²) in [5, 5.41) is 5.01. The molecule has 0 spiro atoms. The van der Waals surface area contributed by atoms with Gasteiger partial charge in [-0.2, -0.15) is 0 Å². The van der Waals surface area contributed by atoms with Gasteiger partial charge < -0.3 is 5.32 Å². The van der Waals surface area contributed by atoms with E-state index in [1.165, 1.54) is 10.4 Å². The molecule has 5 nitrogen and oxygen atoms in total. The van der Waals surface area contributed by atoms with E-state index >= 15 is 0 Å². The molecule has 1 atom stereocenters. The summed E-state index contributed by atoms with van der Waals surface area (Å²) < 4.78 is 26.3. The zero-order chi connectivity index (χ0) is 19.4. The minimum atomic E-state index is -3.19. The van der Waals surface area contributed by atoms with E-state index in [2.05, 4.69) is 22.2 Å². The fourth-order valence-corrected chi connectivity index (χ4v) is 5.13. The lowest BCUT2D eigenvalue weighted by Gasteiger charge is -2.23. The normalized spacial score (nSPS) is 17.3. The number of hydrogen-bond acceptors (Lipinski definition) is 5. The number of hydrogen-bond donors (Lipinski definition) is 2. The summed E-state index contributed by atoms with van der Waals surface area (Å²) in [4.78, 5) is 6.22. The molecule has 0 saturated heterocycles. The molecule has 1 aliphatic heterocycles. The predicted octanol–water partition coefficient (Wildman–Crippen LogP) is 3.49. The highest BCUT2D eigenvalue weighted by atomic mass is 35.5. The van der Waals surface area contributed by atoms with Crippen molar-refractivity contribution in [3.8, 4) is 0 Å². The molecule has 27 heavy (non-hydrogen) atoms. The molecule has 0 saturated carbocycles. The van der Waals surface area contributed by atoms with E-state index in [0.717, 1.165) is 48.0 Å². The minimum absolute atomic E-state index is 0.222. The van der Waals surface area contributed by atoms with E-state index in [9.17, 15) is 8.42 Å². The van der Waals surface area contributed by atoms with Crippen LogP contribution in [0.5, 0.6) is 0 Å². The van der Waals surface area contributed by atoms with E-state index in [1.807, 2.05) is 12.1 Å². The van der Waals surface area contributed by atoms with Crippen LogP contribution in [0, 0.1) is 0 Å². The predicted molar refractivity (Wildman–Crippen MR) is 112 cm³/mol. The number of aryl methyl sites for hydroxylation is 1. The summed E-state index contributed by atoms with van der Waals surface area (Å²) in [7, 11) is -3.19. The van der Waals surface area contributed by atoms with E-state index < -0.39 is 15.3 Å². The molecular weight excluding hydrogens is 402 g/mol.